The molecule has 1 aromatic heterocycles. The average Bonchev–Trinajstić information content (AvgIpc) is 3.04. The summed E-state index contributed by atoms with van der Waals surface area (Å²) in [5.74, 6) is 0.127. The Morgan fingerprint density at radius 1 is 0.767 bits per heavy atom. The smallest absolute Gasteiger partial charge is 0.343 e. The number of hydrogen-bond acceptors (Lipinski definition) is 6. The van der Waals surface area contributed by atoms with Crippen LogP contribution in [-0.2, 0) is 19.6 Å². The zero-order chi connectivity index (χ0) is 20.8. The van der Waals surface area contributed by atoms with Crippen molar-refractivity contribution in [2.75, 3.05) is 39.3 Å². The molecule has 1 N–H and O–H groups in total. The summed E-state index contributed by atoms with van der Waals surface area (Å²) in [6.07, 6.45) is 6.38. The first-order valence-corrected chi connectivity index (χ1v) is 11.2. The summed E-state index contributed by atoms with van der Waals surface area (Å²) in [7, 11) is 0. The van der Waals surface area contributed by atoms with E-state index in [1.165, 1.54) is 37.5 Å². The van der Waals surface area contributed by atoms with Gasteiger partial charge in [0.15, 0.2) is 0 Å². The molecular formula is C24H33N3O3. The van der Waals surface area contributed by atoms with E-state index in [-0.39, 0.29) is 5.75 Å². The monoisotopic (exact) mass is 411 g/mol. The summed E-state index contributed by atoms with van der Waals surface area (Å²) >= 11 is 0. The molecule has 4 rings (SSSR count). The van der Waals surface area contributed by atoms with Gasteiger partial charge >= 0.3 is 5.63 Å². The van der Waals surface area contributed by atoms with E-state index in [9.17, 15) is 9.90 Å². The minimum atomic E-state index is -0.418. The summed E-state index contributed by atoms with van der Waals surface area (Å²) in [5, 5.41) is 10.8. The number of aromatic hydroxyl groups is 1. The van der Waals surface area contributed by atoms with Crippen LogP contribution in [0.5, 0.6) is 5.75 Å². The third-order valence-electron chi connectivity index (χ3n) is 6.33. The number of hydrogen-bond donors (Lipinski definition) is 1. The lowest BCUT2D eigenvalue weighted by atomic mass is 10.1. The van der Waals surface area contributed by atoms with Gasteiger partial charge in [0, 0.05) is 51.4 Å². The Hall–Kier alpha value is -2.15. The van der Waals surface area contributed by atoms with Crippen LogP contribution in [0.3, 0.4) is 0 Å². The molecule has 0 aliphatic carbocycles. The van der Waals surface area contributed by atoms with Crippen molar-refractivity contribution < 1.29 is 9.52 Å². The highest BCUT2D eigenvalue weighted by Gasteiger charge is 2.22. The van der Waals surface area contributed by atoms with Crippen molar-refractivity contribution >= 4 is 0 Å². The van der Waals surface area contributed by atoms with E-state index >= 15 is 0 Å². The van der Waals surface area contributed by atoms with Gasteiger partial charge in [-0.3, -0.25) is 14.7 Å². The summed E-state index contributed by atoms with van der Waals surface area (Å²) in [6.45, 7) is 7.78. The topological polar surface area (TPSA) is 60.2 Å². The van der Waals surface area contributed by atoms with Crippen LogP contribution >= 0.6 is 0 Å². The van der Waals surface area contributed by atoms with Crippen LogP contribution in [0.1, 0.15) is 42.4 Å². The quantitative estimate of drug-likeness (QED) is 0.789. The third kappa shape index (κ3) is 5.50. The number of likely N-dealkylation sites (tertiary alicyclic amines) is 1. The predicted octanol–water partition coefficient (Wildman–Crippen LogP) is 3.04. The van der Waals surface area contributed by atoms with Gasteiger partial charge in [-0.1, -0.05) is 43.2 Å². The fourth-order valence-electron chi connectivity index (χ4n) is 4.50. The molecule has 0 bridgehead atoms. The Morgan fingerprint density at radius 3 is 2.03 bits per heavy atom. The van der Waals surface area contributed by atoms with Crippen molar-refractivity contribution in [2.45, 2.75) is 45.3 Å². The Balaban J connectivity index is 1.35. The lowest BCUT2D eigenvalue weighted by Crippen LogP contribution is -2.45. The first-order valence-electron chi connectivity index (χ1n) is 11.2. The number of nitrogens with zero attached hydrogens (tertiary/aromatic N) is 3. The zero-order valence-electron chi connectivity index (χ0n) is 17.8. The first kappa shape index (κ1) is 21.1. The maximum absolute atomic E-state index is 12.3. The van der Waals surface area contributed by atoms with Crippen molar-refractivity contribution in [2.24, 2.45) is 0 Å². The van der Waals surface area contributed by atoms with Crippen LogP contribution < -0.4 is 5.63 Å². The molecule has 162 valence electrons. The van der Waals surface area contributed by atoms with Gasteiger partial charge < -0.3 is 9.52 Å². The van der Waals surface area contributed by atoms with Gasteiger partial charge in [0.1, 0.15) is 12.0 Å². The van der Waals surface area contributed by atoms with Crippen molar-refractivity contribution in [1.82, 2.24) is 14.7 Å². The van der Waals surface area contributed by atoms with E-state index in [0.717, 1.165) is 51.4 Å². The lowest BCUT2D eigenvalue weighted by Gasteiger charge is -2.34. The number of benzene rings is 1. The largest absolute Gasteiger partial charge is 0.507 e. The molecule has 6 nitrogen and oxygen atoms in total. The highest BCUT2D eigenvalue weighted by molar-refractivity contribution is 5.36. The standard InChI is InChI=1S/C24H33N3O3/c28-23-21(17-25-10-6-1-2-7-11-25)19-30-24(29)22(23)18-27-14-12-26(13-15-27)16-20-8-4-3-5-9-20/h3-5,8-9,19,28H,1-2,6-7,10-18H2. The molecule has 0 radical (unpaired) electrons. The van der Waals surface area contributed by atoms with Crippen LogP contribution in [0.2, 0.25) is 0 Å². The number of rotatable bonds is 6. The fraction of sp³-hybridized carbons (Fsp3) is 0.542. The molecule has 0 spiro atoms. The predicted molar refractivity (Wildman–Crippen MR) is 117 cm³/mol. The van der Waals surface area contributed by atoms with Crippen LogP contribution in [0.25, 0.3) is 0 Å². The molecule has 30 heavy (non-hydrogen) atoms. The molecule has 3 heterocycles. The molecule has 6 heteroatoms. The second-order valence-electron chi connectivity index (χ2n) is 8.60. The lowest BCUT2D eigenvalue weighted by molar-refractivity contribution is 0.120. The first-order chi connectivity index (χ1) is 14.7. The van der Waals surface area contributed by atoms with Crippen molar-refractivity contribution in [3.05, 3.63) is 63.7 Å². The molecular weight excluding hydrogens is 378 g/mol. The van der Waals surface area contributed by atoms with Crippen molar-refractivity contribution in [3.8, 4) is 5.75 Å². The summed E-state index contributed by atoms with van der Waals surface area (Å²) in [6, 6.07) is 10.5. The molecule has 0 unspecified atom stereocenters. The summed E-state index contributed by atoms with van der Waals surface area (Å²) < 4.78 is 5.31. The second kappa shape index (κ2) is 10.2. The van der Waals surface area contributed by atoms with Crippen LogP contribution in [0, 0.1) is 0 Å². The van der Waals surface area contributed by atoms with E-state index in [4.69, 9.17) is 4.42 Å². The van der Waals surface area contributed by atoms with E-state index in [1.807, 2.05) is 6.07 Å². The second-order valence-corrected chi connectivity index (χ2v) is 8.60. The van der Waals surface area contributed by atoms with Crippen molar-refractivity contribution in [3.63, 3.8) is 0 Å². The minimum absolute atomic E-state index is 0.127. The highest BCUT2D eigenvalue weighted by Crippen LogP contribution is 2.24. The van der Waals surface area contributed by atoms with Gasteiger partial charge in [-0.05, 0) is 31.5 Å². The van der Waals surface area contributed by atoms with E-state index in [1.54, 1.807) is 0 Å². The molecule has 2 aromatic rings. The molecule has 0 saturated carbocycles. The van der Waals surface area contributed by atoms with E-state index in [0.29, 0.717) is 18.7 Å². The van der Waals surface area contributed by atoms with Gasteiger partial charge in [-0.2, -0.15) is 0 Å². The average molecular weight is 412 g/mol. The molecule has 2 aliphatic rings. The van der Waals surface area contributed by atoms with Crippen LogP contribution in [-0.4, -0.2) is 59.1 Å². The SMILES string of the molecule is O=c1occ(CN2CCCCCC2)c(O)c1CN1CCN(Cc2ccccc2)CC1. The minimum Gasteiger partial charge on any atom is -0.507 e. The van der Waals surface area contributed by atoms with Gasteiger partial charge in [0.05, 0.1) is 5.56 Å². The third-order valence-corrected chi connectivity index (χ3v) is 6.33. The van der Waals surface area contributed by atoms with Gasteiger partial charge in [-0.25, -0.2) is 4.79 Å². The maximum atomic E-state index is 12.3. The highest BCUT2D eigenvalue weighted by atomic mass is 16.4. The van der Waals surface area contributed by atoms with Gasteiger partial charge in [0.25, 0.3) is 0 Å². The normalized spacial score (nSPS) is 19.6. The maximum Gasteiger partial charge on any atom is 0.343 e. The molecule has 0 atom stereocenters. The van der Waals surface area contributed by atoms with Crippen LogP contribution in [0.15, 0.2) is 45.8 Å². The molecule has 2 aliphatic heterocycles. The Kier molecular flexibility index (Phi) is 7.20. The van der Waals surface area contributed by atoms with Crippen molar-refractivity contribution in [1.29, 1.82) is 0 Å². The summed E-state index contributed by atoms with van der Waals surface area (Å²) in [4.78, 5) is 19.4. The number of piperazine rings is 1. The Morgan fingerprint density at radius 2 is 1.37 bits per heavy atom. The van der Waals surface area contributed by atoms with Gasteiger partial charge in [-0.15, -0.1) is 0 Å². The zero-order valence-corrected chi connectivity index (χ0v) is 17.8. The Bertz CT molecular complexity index is 852. The fourth-order valence-corrected chi connectivity index (χ4v) is 4.50. The van der Waals surface area contributed by atoms with Crippen LogP contribution in [0.4, 0.5) is 0 Å². The van der Waals surface area contributed by atoms with Gasteiger partial charge in [0.2, 0.25) is 0 Å². The van der Waals surface area contributed by atoms with E-state index < -0.39 is 5.63 Å². The van der Waals surface area contributed by atoms with E-state index in [2.05, 4.69) is 39.0 Å². The molecule has 1 aromatic carbocycles. The molecule has 0 amide bonds. The Labute approximate surface area is 178 Å². The molecule has 2 fully saturated rings. The molecule has 2 saturated heterocycles. The summed E-state index contributed by atoms with van der Waals surface area (Å²) in [5.41, 5.74) is 2.04.